The highest BCUT2D eigenvalue weighted by molar-refractivity contribution is 5.85. The monoisotopic (exact) mass is 251 g/mol. The van der Waals surface area contributed by atoms with E-state index < -0.39 is 0 Å². The summed E-state index contributed by atoms with van der Waals surface area (Å²) in [6.45, 7) is 5.12. The van der Waals surface area contributed by atoms with Crippen molar-refractivity contribution in [1.82, 2.24) is 4.90 Å². The Labute approximate surface area is 110 Å². The van der Waals surface area contributed by atoms with Crippen LogP contribution in [0.25, 0.3) is 0 Å². The van der Waals surface area contributed by atoms with Gasteiger partial charge < -0.3 is 4.90 Å². The second kappa shape index (κ2) is 5.85. The van der Waals surface area contributed by atoms with Gasteiger partial charge in [-0.2, -0.15) is 0 Å². The molecule has 18 heavy (non-hydrogen) atoms. The number of hydrogen-bond donors (Lipinski definition) is 0. The Morgan fingerprint density at radius 2 is 2.17 bits per heavy atom. The van der Waals surface area contributed by atoms with Crippen LogP contribution in [0.4, 0.5) is 0 Å². The van der Waals surface area contributed by atoms with Gasteiger partial charge in [-0.05, 0) is 31.6 Å². The van der Waals surface area contributed by atoms with Crippen LogP contribution in [0.2, 0.25) is 0 Å². The summed E-state index contributed by atoms with van der Waals surface area (Å²) in [6, 6.07) is 0.219. The molecule has 102 valence electrons. The van der Waals surface area contributed by atoms with E-state index in [1.165, 1.54) is 0 Å². The van der Waals surface area contributed by atoms with Crippen LogP contribution in [0.1, 0.15) is 58.8 Å². The van der Waals surface area contributed by atoms with E-state index >= 15 is 0 Å². The van der Waals surface area contributed by atoms with Crippen molar-refractivity contribution in [2.75, 3.05) is 6.54 Å². The third-order valence-corrected chi connectivity index (χ3v) is 4.66. The van der Waals surface area contributed by atoms with Gasteiger partial charge in [0.05, 0.1) is 0 Å². The maximum Gasteiger partial charge on any atom is 0.223 e. The van der Waals surface area contributed by atoms with E-state index in [0.717, 1.165) is 45.1 Å². The minimum atomic E-state index is 0.147. The number of amides is 1. The molecular formula is C15H25NO2. The van der Waals surface area contributed by atoms with Crippen molar-refractivity contribution in [2.45, 2.75) is 64.8 Å². The van der Waals surface area contributed by atoms with E-state index in [9.17, 15) is 9.59 Å². The summed E-state index contributed by atoms with van der Waals surface area (Å²) in [4.78, 5) is 26.2. The summed E-state index contributed by atoms with van der Waals surface area (Å²) in [5.41, 5.74) is 0. The lowest BCUT2D eigenvalue weighted by atomic mass is 9.94. The molecule has 1 saturated carbocycles. The van der Waals surface area contributed by atoms with Gasteiger partial charge in [-0.1, -0.05) is 20.3 Å². The second-order valence-corrected chi connectivity index (χ2v) is 5.98. The van der Waals surface area contributed by atoms with Crippen LogP contribution in [-0.2, 0) is 9.59 Å². The molecule has 0 aromatic carbocycles. The predicted molar refractivity (Wildman–Crippen MR) is 71.2 cm³/mol. The van der Waals surface area contributed by atoms with Crippen LogP contribution in [-0.4, -0.2) is 29.2 Å². The van der Waals surface area contributed by atoms with Crippen molar-refractivity contribution >= 4 is 11.7 Å². The number of carbonyl (C=O) groups is 2. The molecule has 0 bridgehead atoms. The van der Waals surface area contributed by atoms with Crippen molar-refractivity contribution in [1.29, 1.82) is 0 Å². The number of carbonyl (C=O) groups excluding carboxylic acids is 2. The summed E-state index contributed by atoms with van der Waals surface area (Å²) < 4.78 is 0. The molecule has 0 N–H and O–H groups in total. The van der Waals surface area contributed by atoms with Gasteiger partial charge in [0.25, 0.3) is 0 Å². The third kappa shape index (κ3) is 2.76. The second-order valence-electron chi connectivity index (χ2n) is 5.98. The van der Waals surface area contributed by atoms with Gasteiger partial charge in [-0.25, -0.2) is 0 Å². The fourth-order valence-electron chi connectivity index (χ4n) is 3.33. The highest BCUT2D eigenvalue weighted by atomic mass is 16.2. The third-order valence-electron chi connectivity index (χ3n) is 4.66. The summed E-state index contributed by atoms with van der Waals surface area (Å²) in [5.74, 6) is 1.27. The molecule has 1 amide bonds. The maximum atomic E-state index is 12.3. The number of ketones is 1. The van der Waals surface area contributed by atoms with Crippen LogP contribution in [0, 0.1) is 11.8 Å². The van der Waals surface area contributed by atoms with E-state index in [2.05, 4.69) is 13.8 Å². The Hall–Kier alpha value is -0.860. The first-order valence-electron chi connectivity index (χ1n) is 7.45. The van der Waals surface area contributed by atoms with Gasteiger partial charge in [0, 0.05) is 31.3 Å². The summed E-state index contributed by atoms with van der Waals surface area (Å²) in [7, 11) is 0. The van der Waals surface area contributed by atoms with E-state index in [0.29, 0.717) is 18.1 Å². The van der Waals surface area contributed by atoms with E-state index in [4.69, 9.17) is 0 Å². The number of rotatable bonds is 4. The highest BCUT2D eigenvalue weighted by Crippen LogP contribution is 2.33. The molecule has 2 rings (SSSR count). The molecular weight excluding hydrogens is 226 g/mol. The maximum absolute atomic E-state index is 12.3. The lowest BCUT2D eigenvalue weighted by Gasteiger charge is -2.29. The summed E-state index contributed by atoms with van der Waals surface area (Å²) in [6.07, 6.45) is 6.54. The number of likely N-dealkylation sites (tertiary alicyclic amines) is 1. The van der Waals surface area contributed by atoms with Crippen LogP contribution in [0.3, 0.4) is 0 Å². The zero-order chi connectivity index (χ0) is 13.1. The van der Waals surface area contributed by atoms with E-state index in [1.807, 2.05) is 4.90 Å². The zero-order valence-electron chi connectivity index (χ0n) is 11.7. The van der Waals surface area contributed by atoms with Crippen LogP contribution in [0.15, 0.2) is 0 Å². The van der Waals surface area contributed by atoms with Gasteiger partial charge in [0.15, 0.2) is 0 Å². The molecule has 0 aromatic rings. The first-order chi connectivity index (χ1) is 8.63. The molecule has 3 atom stereocenters. The van der Waals surface area contributed by atoms with E-state index in [1.54, 1.807) is 0 Å². The van der Waals surface area contributed by atoms with Crippen molar-refractivity contribution < 1.29 is 9.59 Å². The van der Waals surface area contributed by atoms with Crippen LogP contribution in [0.5, 0.6) is 0 Å². The smallest absolute Gasteiger partial charge is 0.223 e. The molecule has 1 heterocycles. The van der Waals surface area contributed by atoms with Gasteiger partial charge in [0.1, 0.15) is 5.78 Å². The first-order valence-corrected chi connectivity index (χ1v) is 7.45. The average Bonchev–Trinajstić information content (AvgIpc) is 2.96. The predicted octanol–water partition coefficient (Wildman–Crippen LogP) is 2.78. The van der Waals surface area contributed by atoms with Crippen LogP contribution >= 0.6 is 0 Å². The van der Waals surface area contributed by atoms with E-state index in [-0.39, 0.29) is 17.9 Å². The zero-order valence-corrected chi connectivity index (χ0v) is 11.7. The molecule has 1 aliphatic carbocycles. The molecule has 1 saturated heterocycles. The van der Waals surface area contributed by atoms with Crippen molar-refractivity contribution in [3.05, 3.63) is 0 Å². The number of nitrogens with zero attached hydrogens (tertiary/aromatic N) is 1. The molecule has 0 spiro atoms. The lowest BCUT2D eigenvalue weighted by molar-refractivity contribution is -0.135. The SMILES string of the molecule is CCC(C)CC(=O)N1CCCC1C1CCCC1=O. The fraction of sp³-hybridized carbons (Fsp3) is 0.867. The summed E-state index contributed by atoms with van der Waals surface area (Å²) in [5, 5.41) is 0. The first kappa shape index (κ1) is 13.6. The largest absolute Gasteiger partial charge is 0.339 e. The molecule has 2 aliphatic rings. The average molecular weight is 251 g/mol. The van der Waals surface area contributed by atoms with Gasteiger partial charge in [-0.3, -0.25) is 9.59 Å². The quantitative estimate of drug-likeness (QED) is 0.770. The van der Waals surface area contributed by atoms with Gasteiger partial charge in [0.2, 0.25) is 5.91 Å². The highest BCUT2D eigenvalue weighted by Gasteiger charge is 2.39. The molecule has 2 fully saturated rings. The fourth-order valence-corrected chi connectivity index (χ4v) is 3.33. The Bertz CT molecular complexity index is 326. The lowest BCUT2D eigenvalue weighted by Crippen LogP contribution is -2.41. The van der Waals surface area contributed by atoms with Crippen molar-refractivity contribution in [2.24, 2.45) is 11.8 Å². The molecule has 3 heteroatoms. The van der Waals surface area contributed by atoms with Crippen molar-refractivity contribution in [3.63, 3.8) is 0 Å². The molecule has 1 aliphatic heterocycles. The minimum absolute atomic E-state index is 0.147. The number of Topliss-reactive ketones (excluding diaryl/α,β-unsaturated/α-hetero) is 1. The van der Waals surface area contributed by atoms with Crippen molar-refractivity contribution in [3.8, 4) is 0 Å². The number of hydrogen-bond acceptors (Lipinski definition) is 2. The normalized spacial score (nSPS) is 29.9. The van der Waals surface area contributed by atoms with Gasteiger partial charge in [-0.15, -0.1) is 0 Å². The van der Waals surface area contributed by atoms with Crippen LogP contribution < -0.4 is 0 Å². The molecule has 3 unspecified atom stereocenters. The molecule has 0 radical (unpaired) electrons. The Morgan fingerprint density at radius 1 is 1.39 bits per heavy atom. The molecule has 3 nitrogen and oxygen atoms in total. The van der Waals surface area contributed by atoms with Gasteiger partial charge >= 0.3 is 0 Å². The summed E-state index contributed by atoms with van der Waals surface area (Å²) >= 11 is 0. The Kier molecular flexibility index (Phi) is 4.41. The topological polar surface area (TPSA) is 37.4 Å². The standard InChI is InChI=1S/C15H25NO2/c1-3-11(2)10-15(18)16-9-5-7-13(16)12-6-4-8-14(12)17/h11-13H,3-10H2,1-2H3. The Balaban J connectivity index is 1.98. The Morgan fingerprint density at radius 3 is 2.78 bits per heavy atom. The molecule has 0 aromatic heterocycles. The minimum Gasteiger partial charge on any atom is -0.339 e.